The normalized spacial score (nSPS) is 16.6. The number of carbonyl (C=O) groups is 1. The molecule has 2 aromatic carbocycles. The zero-order valence-corrected chi connectivity index (χ0v) is 16.0. The van der Waals surface area contributed by atoms with Crippen LogP contribution in [0.2, 0.25) is 0 Å². The maximum Gasteiger partial charge on any atom is 0.416 e. The molecular weight excluding hydrogens is 405 g/mol. The number of alkyl halides is 3. The van der Waals surface area contributed by atoms with Crippen molar-refractivity contribution in [2.24, 2.45) is 5.73 Å². The van der Waals surface area contributed by atoms with Crippen molar-refractivity contribution in [3.8, 4) is 0 Å². The zero-order chi connectivity index (χ0) is 21.2. The molecule has 154 valence electrons. The molecule has 0 bridgehead atoms. The molecule has 0 aliphatic carbocycles. The number of hydrogen-bond donors (Lipinski definition) is 4. The molecule has 5 N–H and O–H groups in total. The number of halogens is 3. The Balaban J connectivity index is 1.78. The maximum absolute atomic E-state index is 13.3. The van der Waals surface area contributed by atoms with Crippen LogP contribution in [0.15, 0.2) is 42.5 Å². The smallest absolute Gasteiger partial charge is 0.391 e. The molecule has 10 heteroatoms. The number of aliphatic hydroxyl groups excluding tert-OH is 1. The highest BCUT2D eigenvalue weighted by molar-refractivity contribution is 7.80. The molecule has 29 heavy (non-hydrogen) atoms. The zero-order valence-electron chi connectivity index (χ0n) is 15.2. The molecule has 1 heterocycles. The van der Waals surface area contributed by atoms with Crippen LogP contribution in [-0.4, -0.2) is 35.3 Å². The van der Waals surface area contributed by atoms with E-state index in [1.165, 1.54) is 12.1 Å². The van der Waals surface area contributed by atoms with Crippen LogP contribution in [0.1, 0.15) is 22.3 Å². The number of rotatable bonds is 4. The van der Waals surface area contributed by atoms with Crippen molar-refractivity contribution in [2.45, 2.75) is 18.7 Å². The van der Waals surface area contributed by atoms with Crippen LogP contribution in [-0.2, 0) is 6.18 Å². The van der Waals surface area contributed by atoms with Gasteiger partial charge in [0.2, 0.25) is 5.91 Å². The minimum atomic E-state index is -4.52. The van der Waals surface area contributed by atoms with Gasteiger partial charge in [0.1, 0.15) is 0 Å². The number of anilines is 3. The van der Waals surface area contributed by atoms with Gasteiger partial charge in [-0.3, -0.25) is 4.79 Å². The Morgan fingerprint density at radius 3 is 2.34 bits per heavy atom. The van der Waals surface area contributed by atoms with Crippen LogP contribution in [0.25, 0.3) is 0 Å². The molecule has 2 aromatic rings. The van der Waals surface area contributed by atoms with Gasteiger partial charge in [-0.2, -0.15) is 13.2 Å². The highest BCUT2D eigenvalue weighted by Gasteiger charge is 2.32. The average Bonchev–Trinajstić information content (AvgIpc) is 3.07. The second kappa shape index (κ2) is 8.26. The van der Waals surface area contributed by atoms with Crippen LogP contribution in [0.5, 0.6) is 0 Å². The van der Waals surface area contributed by atoms with E-state index in [4.69, 9.17) is 18.0 Å². The van der Waals surface area contributed by atoms with Gasteiger partial charge in [-0.25, -0.2) is 0 Å². The summed E-state index contributed by atoms with van der Waals surface area (Å²) >= 11 is 5.19. The monoisotopic (exact) mass is 424 g/mol. The van der Waals surface area contributed by atoms with E-state index in [1.54, 1.807) is 23.1 Å². The minimum Gasteiger partial charge on any atom is -0.391 e. The quantitative estimate of drug-likeness (QED) is 0.564. The van der Waals surface area contributed by atoms with Gasteiger partial charge in [0.25, 0.3) is 0 Å². The third-order valence-electron chi connectivity index (χ3n) is 4.46. The summed E-state index contributed by atoms with van der Waals surface area (Å²) in [5.74, 6) is -0.569. The summed E-state index contributed by atoms with van der Waals surface area (Å²) in [5, 5.41) is 15.4. The van der Waals surface area contributed by atoms with Gasteiger partial charge in [-0.15, -0.1) is 0 Å². The van der Waals surface area contributed by atoms with Crippen molar-refractivity contribution in [1.82, 2.24) is 0 Å². The van der Waals surface area contributed by atoms with E-state index in [-0.39, 0.29) is 17.3 Å². The Morgan fingerprint density at radius 2 is 1.79 bits per heavy atom. The third kappa shape index (κ3) is 5.36. The third-order valence-corrected chi connectivity index (χ3v) is 4.66. The summed E-state index contributed by atoms with van der Waals surface area (Å²) < 4.78 is 40.0. The number of aliphatic hydroxyl groups is 1. The molecule has 3 rings (SSSR count). The first-order chi connectivity index (χ1) is 13.6. The molecule has 1 saturated heterocycles. The molecule has 1 unspecified atom stereocenters. The summed E-state index contributed by atoms with van der Waals surface area (Å²) in [7, 11) is 0. The van der Waals surface area contributed by atoms with Crippen LogP contribution >= 0.6 is 12.2 Å². The molecule has 6 nitrogen and oxygen atoms in total. The van der Waals surface area contributed by atoms with E-state index in [0.717, 1.165) is 12.1 Å². The Morgan fingerprint density at radius 1 is 1.14 bits per heavy atom. The van der Waals surface area contributed by atoms with Crippen molar-refractivity contribution < 1.29 is 23.1 Å². The second-order valence-electron chi connectivity index (χ2n) is 6.68. The number of benzene rings is 2. The molecule has 1 aliphatic heterocycles. The van der Waals surface area contributed by atoms with Crippen LogP contribution in [0.3, 0.4) is 0 Å². The number of nitrogens with one attached hydrogen (secondary N) is 2. The Kier molecular flexibility index (Phi) is 5.94. The van der Waals surface area contributed by atoms with E-state index in [1.807, 2.05) is 0 Å². The number of nitrogens with two attached hydrogens (primary N) is 1. The van der Waals surface area contributed by atoms with Crippen molar-refractivity contribution >= 4 is 40.3 Å². The van der Waals surface area contributed by atoms with Crippen molar-refractivity contribution in [2.75, 3.05) is 28.6 Å². The van der Waals surface area contributed by atoms with Gasteiger partial charge in [-0.1, -0.05) is 0 Å². The van der Waals surface area contributed by atoms with E-state index < -0.39 is 23.8 Å². The number of thiocarbonyl (C=S) groups is 1. The second-order valence-corrected chi connectivity index (χ2v) is 7.08. The predicted octanol–water partition coefficient (Wildman–Crippen LogP) is 3.18. The van der Waals surface area contributed by atoms with Crippen LogP contribution in [0, 0.1) is 0 Å². The molecule has 0 aromatic heterocycles. The lowest BCUT2D eigenvalue weighted by Gasteiger charge is -2.21. The molecule has 1 aliphatic rings. The molecular formula is C19H19F3N4O2S. The van der Waals surface area contributed by atoms with Crippen molar-refractivity contribution in [3.05, 3.63) is 53.6 Å². The van der Waals surface area contributed by atoms with Gasteiger partial charge >= 0.3 is 6.18 Å². The first-order valence-electron chi connectivity index (χ1n) is 8.75. The highest BCUT2D eigenvalue weighted by atomic mass is 32.1. The molecule has 0 spiro atoms. The number of β-amino-alcohol motifs (C(OH)–C–C–N with tert-alkyl or cyclic N) is 1. The van der Waals surface area contributed by atoms with Gasteiger partial charge in [0.05, 0.1) is 11.7 Å². The average molecular weight is 424 g/mol. The number of primary amides is 1. The Bertz CT molecular complexity index is 919. The predicted molar refractivity (Wildman–Crippen MR) is 109 cm³/mol. The topological polar surface area (TPSA) is 90.6 Å². The van der Waals surface area contributed by atoms with E-state index in [9.17, 15) is 23.1 Å². The Labute approximate surface area is 170 Å². The van der Waals surface area contributed by atoms with Gasteiger partial charge in [0.15, 0.2) is 5.11 Å². The number of hydrogen-bond acceptors (Lipinski definition) is 4. The summed E-state index contributed by atoms with van der Waals surface area (Å²) in [4.78, 5) is 12.8. The van der Waals surface area contributed by atoms with Crippen LogP contribution in [0.4, 0.5) is 30.2 Å². The van der Waals surface area contributed by atoms with E-state index in [2.05, 4.69) is 10.6 Å². The van der Waals surface area contributed by atoms with Crippen molar-refractivity contribution in [1.29, 1.82) is 0 Å². The van der Waals surface area contributed by atoms with Crippen LogP contribution < -0.4 is 21.3 Å². The number of amides is 1. The maximum atomic E-state index is 13.3. The first kappa shape index (κ1) is 20.9. The molecule has 1 fully saturated rings. The lowest BCUT2D eigenvalue weighted by atomic mass is 10.1. The van der Waals surface area contributed by atoms with Gasteiger partial charge in [0, 0.05) is 35.7 Å². The molecule has 0 saturated carbocycles. The standard InChI is InChI=1S/C19H19F3N4O2S/c20-19(21,22)12-7-14(9-15(8-12)26-6-5-16(27)10-26)25-18(29)24-13-3-1-11(2-4-13)17(23)28/h1-4,7-9,16,27H,5-6,10H2,(H2,23,28)(H2,24,25,29). The highest BCUT2D eigenvalue weighted by Crippen LogP contribution is 2.35. The minimum absolute atomic E-state index is 0.0866. The summed E-state index contributed by atoms with van der Waals surface area (Å²) in [6.45, 7) is 0.743. The van der Waals surface area contributed by atoms with Gasteiger partial charge in [-0.05, 0) is 61.1 Å². The summed E-state index contributed by atoms with van der Waals surface area (Å²) in [6.07, 6.45) is -4.59. The fraction of sp³-hybridized carbons (Fsp3) is 0.263. The molecule has 1 amide bonds. The Hall–Kier alpha value is -2.85. The molecule has 1 atom stereocenters. The fourth-order valence-electron chi connectivity index (χ4n) is 3.02. The van der Waals surface area contributed by atoms with Crippen molar-refractivity contribution in [3.63, 3.8) is 0 Å². The number of nitrogens with zero attached hydrogens (tertiary/aromatic N) is 1. The summed E-state index contributed by atoms with van der Waals surface area (Å²) in [6, 6.07) is 9.76. The lowest BCUT2D eigenvalue weighted by molar-refractivity contribution is -0.137. The first-order valence-corrected chi connectivity index (χ1v) is 9.16. The van der Waals surface area contributed by atoms with E-state index >= 15 is 0 Å². The van der Waals surface area contributed by atoms with E-state index in [0.29, 0.717) is 29.9 Å². The number of carbonyl (C=O) groups excluding carboxylic acids is 1. The van der Waals surface area contributed by atoms with Gasteiger partial charge < -0.3 is 26.4 Å². The largest absolute Gasteiger partial charge is 0.416 e. The lowest BCUT2D eigenvalue weighted by Crippen LogP contribution is -2.23. The SMILES string of the molecule is NC(=O)c1ccc(NC(=S)Nc2cc(N3CCC(O)C3)cc(C(F)(F)F)c2)cc1. The summed E-state index contributed by atoms with van der Waals surface area (Å²) in [5.41, 5.74) is 5.76. The fourth-order valence-corrected chi connectivity index (χ4v) is 3.25. The molecule has 0 radical (unpaired) electrons.